The molecule has 0 bridgehead atoms. The molecule has 7 heteroatoms. The Morgan fingerprint density at radius 3 is 2.43 bits per heavy atom. The average molecular weight is 333 g/mol. The summed E-state index contributed by atoms with van der Waals surface area (Å²) >= 11 is 11.6. The second-order valence-electron chi connectivity index (χ2n) is 5.87. The highest BCUT2D eigenvalue weighted by Crippen LogP contribution is 2.33. The molecule has 1 rings (SSSR count). The summed E-state index contributed by atoms with van der Waals surface area (Å²) in [5.74, 6) is -0.0358. The standard InChI is InChI=1S/C14H18Cl2N2O3/c1-8(2)14(3,4)7-17-13(19)9-5-10(15)12(16)11(6-9)18(20)21/h5-6,8H,7H2,1-4H3,(H,17,19). The smallest absolute Gasteiger partial charge is 0.290 e. The van der Waals surface area contributed by atoms with Crippen LogP contribution in [0.3, 0.4) is 0 Å². The molecular weight excluding hydrogens is 315 g/mol. The molecule has 0 atom stereocenters. The highest BCUT2D eigenvalue weighted by molar-refractivity contribution is 6.43. The lowest BCUT2D eigenvalue weighted by Crippen LogP contribution is -2.37. The molecule has 1 aromatic carbocycles. The van der Waals surface area contributed by atoms with Gasteiger partial charge in [0.05, 0.1) is 9.95 Å². The Balaban J connectivity index is 2.96. The van der Waals surface area contributed by atoms with Gasteiger partial charge < -0.3 is 5.32 Å². The zero-order valence-corrected chi connectivity index (χ0v) is 13.9. The van der Waals surface area contributed by atoms with Crippen molar-refractivity contribution < 1.29 is 9.72 Å². The fourth-order valence-corrected chi connectivity index (χ4v) is 1.85. The molecule has 0 aliphatic rings. The van der Waals surface area contributed by atoms with Crippen LogP contribution < -0.4 is 5.32 Å². The number of carbonyl (C=O) groups excluding carboxylic acids is 1. The second kappa shape index (κ2) is 6.62. The fourth-order valence-electron chi connectivity index (χ4n) is 1.45. The third-order valence-electron chi connectivity index (χ3n) is 3.74. The number of halogens is 2. The maximum Gasteiger partial charge on any atom is 0.290 e. The molecular formula is C14H18Cl2N2O3. The van der Waals surface area contributed by atoms with Gasteiger partial charge in [-0.1, -0.05) is 50.9 Å². The zero-order valence-electron chi connectivity index (χ0n) is 12.4. The molecule has 0 unspecified atom stereocenters. The first-order valence-electron chi connectivity index (χ1n) is 6.48. The molecule has 1 amide bonds. The third kappa shape index (κ3) is 4.32. The zero-order chi connectivity index (χ0) is 16.4. The quantitative estimate of drug-likeness (QED) is 0.644. The number of nitro groups is 1. The predicted molar refractivity (Wildman–Crippen MR) is 84.1 cm³/mol. The van der Waals surface area contributed by atoms with Crippen molar-refractivity contribution in [3.05, 3.63) is 37.9 Å². The van der Waals surface area contributed by atoms with E-state index in [4.69, 9.17) is 23.2 Å². The summed E-state index contributed by atoms with van der Waals surface area (Å²) < 4.78 is 0. The number of amides is 1. The van der Waals surface area contributed by atoms with Gasteiger partial charge in [-0.05, 0) is 17.4 Å². The van der Waals surface area contributed by atoms with Crippen molar-refractivity contribution in [1.29, 1.82) is 0 Å². The first-order valence-corrected chi connectivity index (χ1v) is 7.23. The Kier molecular flexibility index (Phi) is 5.59. The van der Waals surface area contributed by atoms with Crippen LogP contribution in [0.25, 0.3) is 0 Å². The average Bonchev–Trinajstić information content (AvgIpc) is 2.38. The lowest BCUT2D eigenvalue weighted by Gasteiger charge is -2.29. The van der Waals surface area contributed by atoms with E-state index < -0.39 is 10.8 Å². The monoisotopic (exact) mass is 332 g/mol. The Labute approximate surface area is 133 Å². The molecule has 116 valence electrons. The summed E-state index contributed by atoms with van der Waals surface area (Å²) in [4.78, 5) is 22.3. The van der Waals surface area contributed by atoms with Gasteiger partial charge in [0.25, 0.3) is 11.6 Å². The van der Waals surface area contributed by atoms with E-state index in [0.29, 0.717) is 12.5 Å². The number of benzene rings is 1. The van der Waals surface area contributed by atoms with E-state index in [9.17, 15) is 14.9 Å². The molecule has 0 spiro atoms. The van der Waals surface area contributed by atoms with Gasteiger partial charge in [0.2, 0.25) is 0 Å². The third-order valence-corrected chi connectivity index (χ3v) is 4.53. The van der Waals surface area contributed by atoms with Gasteiger partial charge in [0, 0.05) is 18.2 Å². The van der Waals surface area contributed by atoms with E-state index >= 15 is 0 Å². The molecule has 0 saturated heterocycles. The molecule has 0 heterocycles. The summed E-state index contributed by atoms with van der Waals surface area (Å²) in [5, 5.41) is 13.5. The van der Waals surface area contributed by atoms with Crippen molar-refractivity contribution >= 4 is 34.8 Å². The van der Waals surface area contributed by atoms with Crippen molar-refractivity contribution in [3.8, 4) is 0 Å². The second-order valence-corrected chi connectivity index (χ2v) is 6.66. The maximum absolute atomic E-state index is 12.1. The van der Waals surface area contributed by atoms with Gasteiger partial charge >= 0.3 is 0 Å². The van der Waals surface area contributed by atoms with Crippen LogP contribution in [-0.2, 0) is 0 Å². The van der Waals surface area contributed by atoms with Crippen LogP contribution in [0.5, 0.6) is 0 Å². The molecule has 5 nitrogen and oxygen atoms in total. The van der Waals surface area contributed by atoms with Gasteiger partial charge in [0.15, 0.2) is 0 Å². The summed E-state index contributed by atoms with van der Waals surface area (Å²) in [6, 6.07) is 2.46. The number of hydrogen-bond acceptors (Lipinski definition) is 3. The van der Waals surface area contributed by atoms with Gasteiger partial charge in [-0.15, -0.1) is 0 Å². The molecule has 0 radical (unpaired) electrons. The summed E-state index contributed by atoms with van der Waals surface area (Å²) in [5.41, 5.74) is -0.342. The van der Waals surface area contributed by atoms with Crippen molar-refractivity contribution in [1.82, 2.24) is 5.32 Å². The van der Waals surface area contributed by atoms with Gasteiger partial charge in [-0.25, -0.2) is 0 Å². The van der Waals surface area contributed by atoms with Crippen LogP contribution in [0, 0.1) is 21.4 Å². The Morgan fingerprint density at radius 2 is 1.95 bits per heavy atom. The van der Waals surface area contributed by atoms with Crippen LogP contribution in [-0.4, -0.2) is 17.4 Å². The molecule has 0 aromatic heterocycles. The van der Waals surface area contributed by atoms with Crippen LogP contribution >= 0.6 is 23.2 Å². The van der Waals surface area contributed by atoms with E-state index in [1.54, 1.807) is 0 Å². The molecule has 1 aromatic rings. The predicted octanol–water partition coefficient (Wildman–Crippen LogP) is 4.31. The molecule has 0 saturated carbocycles. The molecule has 0 aliphatic carbocycles. The number of hydrogen-bond donors (Lipinski definition) is 1. The normalized spacial score (nSPS) is 11.6. The number of nitrogens with one attached hydrogen (secondary N) is 1. The van der Waals surface area contributed by atoms with Gasteiger partial charge in [0.1, 0.15) is 5.02 Å². The first kappa shape index (κ1) is 17.7. The largest absolute Gasteiger partial charge is 0.351 e. The van der Waals surface area contributed by atoms with Gasteiger partial charge in [-0.2, -0.15) is 0 Å². The Morgan fingerprint density at radius 1 is 1.38 bits per heavy atom. The number of nitrogens with zero attached hydrogens (tertiary/aromatic N) is 1. The summed E-state index contributed by atoms with van der Waals surface area (Å²) in [6.07, 6.45) is 0. The SMILES string of the molecule is CC(C)C(C)(C)CNC(=O)c1cc(Cl)c(Cl)c([N+](=O)[O-])c1. The van der Waals surface area contributed by atoms with Gasteiger partial charge in [-0.3, -0.25) is 14.9 Å². The Hall–Kier alpha value is -1.33. The molecule has 0 aliphatic heterocycles. The number of nitro benzene ring substituents is 1. The highest BCUT2D eigenvalue weighted by atomic mass is 35.5. The molecule has 21 heavy (non-hydrogen) atoms. The van der Waals surface area contributed by atoms with Crippen LogP contribution in [0.4, 0.5) is 5.69 Å². The molecule has 0 fully saturated rings. The number of rotatable bonds is 5. The van der Waals surface area contributed by atoms with Crippen LogP contribution in [0.15, 0.2) is 12.1 Å². The topological polar surface area (TPSA) is 72.2 Å². The van der Waals surface area contributed by atoms with Crippen LogP contribution in [0.1, 0.15) is 38.1 Å². The van der Waals surface area contributed by atoms with E-state index in [1.165, 1.54) is 6.07 Å². The van der Waals surface area contributed by atoms with Crippen molar-refractivity contribution in [3.63, 3.8) is 0 Å². The fraction of sp³-hybridized carbons (Fsp3) is 0.500. The minimum atomic E-state index is -0.664. The van der Waals surface area contributed by atoms with Crippen molar-refractivity contribution in [2.75, 3.05) is 6.54 Å². The van der Waals surface area contributed by atoms with E-state index in [-0.39, 0.29) is 26.7 Å². The van der Waals surface area contributed by atoms with Crippen molar-refractivity contribution in [2.45, 2.75) is 27.7 Å². The van der Waals surface area contributed by atoms with E-state index in [1.807, 2.05) is 13.8 Å². The Bertz CT molecular complexity index is 572. The molecule has 1 N–H and O–H groups in total. The summed E-state index contributed by atoms with van der Waals surface area (Å²) in [7, 11) is 0. The first-order chi connectivity index (χ1) is 9.56. The van der Waals surface area contributed by atoms with E-state index in [2.05, 4.69) is 19.2 Å². The van der Waals surface area contributed by atoms with Crippen LogP contribution in [0.2, 0.25) is 10.0 Å². The highest BCUT2D eigenvalue weighted by Gasteiger charge is 2.24. The lowest BCUT2D eigenvalue weighted by atomic mass is 9.81. The summed E-state index contributed by atoms with van der Waals surface area (Å²) in [6.45, 7) is 8.66. The number of carbonyl (C=O) groups is 1. The minimum absolute atomic E-state index is 0.0147. The lowest BCUT2D eigenvalue weighted by molar-refractivity contribution is -0.384. The van der Waals surface area contributed by atoms with Crippen molar-refractivity contribution in [2.24, 2.45) is 11.3 Å². The van der Waals surface area contributed by atoms with E-state index in [0.717, 1.165) is 6.07 Å². The minimum Gasteiger partial charge on any atom is -0.351 e. The maximum atomic E-state index is 12.1.